The van der Waals surface area contributed by atoms with E-state index in [1.165, 1.54) is 11.3 Å². The number of hydrogen-bond acceptors (Lipinski definition) is 8. The molecule has 3 aromatic rings. The van der Waals surface area contributed by atoms with Crippen LogP contribution in [-0.2, 0) is 30.5 Å². The molecule has 0 bridgehead atoms. The normalized spacial score (nSPS) is 14.0. The molecule has 1 N–H and O–H groups in total. The van der Waals surface area contributed by atoms with Gasteiger partial charge in [0, 0.05) is 25.0 Å². The number of carbonyl (C=O) groups excluding carboxylic acids is 1. The predicted molar refractivity (Wildman–Crippen MR) is 112 cm³/mol. The molecule has 4 rings (SSSR count). The van der Waals surface area contributed by atoms with E-state index in [0.29, 0.717) is 12.4 Å². The molecular weight excluding hydrogens is 447 g/mol. The van der Waals surface area contributed by atoms with Crippen molar-refractivity contribution in [2.45, 2.75) is 45.5 Å². The highest BCUT2D eigenvalue weighted by Gasteiger charge is 2.39. The maximum absolute atomic E-state index is 13.2. The highest BCUT2D eigenvalue weighted by molar-refractivity contribution is 7.18. The van der Waals surface area contributed by atoms with Crippen LogP contribution in [0.25, 0.3) is 10.2 Å². The Morgan fingerprint density at radius 3 is 2.81 bits per heavy atom. The molecule has 9 nitrogen and oxygen atoms in total. The summed E-state index contributed by atoms with van der Waals surface area (Å²) in [4.78, 5) is 24.2. The second-order valence-electron chi connectivity index (χ2n) is 7.29. The Labute approximate surface area is 185 Å². The van der Waals surface area contributed by atoms with Crippen molar-refractivity contribution in [3.8, 4) is 6.01 Å². The quantitative estimate of drug-likeness (QED) is 0.568. The minimum absolute atomic E-state index is 0.0848. The van der Waals surface area contributed by atoms with Crippen molar-refractivity contribution in [2.24, 2.45) is 0 Å². The maximum atomic E-state index is 13.2. The molecule has 0 aromatic carbocycles. The molecule has 4 heterocycles. The topological polar surface area (TPSA) is 98.1 Å². The number of thiophene rings is 1. The van der Waals surface area contributed by atoms with E-state index < -0.39 is 12.0 Å². The fourth-order valence-electron chi connectivity index (χ4n) is 3.52. The van der Waals surface area contributed by atoms with Gasteiger partial charge < -0.3 is 19.5 Å². The number of amides is 1. The van der Waals surface area contributed by atoms with Gasteiger partial charge in [-0.3, -0.25) is 4.79 Å². The van der Waals surface area contributed by atoms with Gasteiger partial charge in [0.1, 0.15) is 17.3 Å². The lowest BCUT2D eigenvalue weighted by Gasteiger charge is -2.29. The van der Waals surface area contributed by atoms with E-state index in [9.17, 15) is 18.0 Å². The van der Waals surface area contributed by atoms with Crippen LogP contribution in [0.5, 0.6) is 6.01 Å². The number of aryl methyl sites for hydroxylation is 1. The number of alkyl halides is 3. The minimum Gasteiger partial charge on any atom is -0.463 e. The third-order valence-corrected chi connectivity index (χ3v) is 6.13. The SMILES string of the molecule is CCCc1cc2c(N3CCn4c(nnc4C(F)(F)F)C3)nc(OCCC(=O)NC)nc2s1. The summed E-state index contributed by atoms with van der Waals surface area (Å²) in [5.41, 5.74) is 0. The van der Waals surface area contributed by atoms with Crippen molar-refractivity contribution < 1.29 is 22.7 Å². The summed E-state index contributed by atoms with van der Waals surface area (Å²) in [6, 6.07) is 2.15. The lowest BCUT2D eigenvalue weighted by molar-refractivity contribution is -0.147. The van der Waals surface area contributed by atoms with E-state index in [-0.39, 0.29) is 43.9 Å². The second kappa shape index (κ2) is 8.88. The first-order valence-corrected chi connectivity index (χ1v) is 11.0. The predicted octanol–water partition coefficient (Wildman–Crippen LogP) is 2.79. The van der Waals surface area contributed by atoms with Crippen LogP contribution in [-0.4, -0.2) is 50.8 Å². The van der Waals surface area contributed by atoms with E-state index in [0.717, 1.165) is 32.5 Å². The number of rotatable bonds is 7. The van der Waals surface area contributed by atoms with Crippen LogP contribution in [0.2, 0.25) is 0 Å². The number of aromatic nitrogens is 5. The van der Waals surface area contributed by atoms with E-state index in [2.05, 4.69) is 32.4 Å². The Morgan fingerprint density at radius 1 is 1.28 bits per heavy atom. The Balaban J connectivity index is 1.65. The molecule has 172 valence electrons. The smallest absolute Gasteiger partial charge is 0.451 e. The molecule has 3 aromatic heterocycles. The Kier molecular flexibility index (Phi) is 6.17. The number of fused-ring (bicyclic) bond motifs is 2. The van der Waals surface area contributed by atoms with Crippen LogP contribution >= 0.6 is 11.3 Å². The molecule has 0 fully saturated rings. The van der Waals surface area contributed by atoms with Crippen LogP contribution in [0.4, 0.5) is 19.0 Å². The van der Waals surface area contributed by atoms with Crippen LogP contribution in [0, 0.1) is 0 Å². The zero-order chi connectivity index (χ0) is 22.9. The van der Waals surface area contributed by atoms with Gasteiger partial charge in [-0.25, -0.2) is 0 Å². The number of halogens is 3. The van der Waals surface area contributed by atoms with Crippen LogP contribution in [0.15, 0.2) is 6.07 Å². The van der Waals surface area contributed by atoms with Crippen molar-refractivity contribution in [2.75, 3.05) is 25.1 Å². The van der Waals surface area contributed by atoms with Crippen molar-refractivity contribution in [3.63, 3.8) is 0 Å². The third-order valence-electron chi connectivity index (χ3n) is 5.04. The summed E-state index contributed by atoms with van der Waals surface area (Å²) in [7, 11) is 1.54. The summed E-state index contributed by atoms with van der Waals surface area (Å²) in [6.07, 6.45) is -2.54. The van der Waals surface area contributed by atoms with Gasteiger partial charge in [0.25, 0.3) is 0 Å². The molecule has 1 amide bonds. The summed E-state index contributed by atoms with van der Waals surface area (Å²) in [5, 5.41) is 10.4. The molecule has 0 radical (unpaired) electrons. The Bertz CT molecular complexity index is 1130. The summed E-state index contributed by atoms with van der Waals surface area (Å²) < 4.78 is 46.2. The zero-order valence-corrected chi connectivity index (χ0v) is 18.4. The lowest BCUT2D eigenvalue weighted by Crippen LogP contribution is -2.36. The van der Waals surface area contributed by atoms with Gasteiger partial charge in [-0.15, -0.1) is 21.5 Å². The highest BCUT2D eigenvalue weighted by Crippen LogP contribution is 2.35. The largest absolute Gasteiger partial charge is 0.463 e. The second-order valence-corrected chi connectivity index (χ2v) is 8.41. The maximum Gasteiger partial charge on any atom is 0.451 e. The molecule has 0 atom stereocenters. The fourth-order valence-corrected chi connectivity index (χ4v) is 4.64. The number of hydrogen-bond donors (Lipinski definition) is 1. The summed E-state index contributed by atoms with van der Waals surface area (Å²) >= 11 is 1.53. The van der Waals surface area contributed by atoms with E-state index in [1.54, 1.807) is 7.05 Å². The molecule has 13 heteroatoms. The van der Waals surface area contributed by atoms with Gasteiger partial charge in [0.2, 0.25) is 11.7 Å². The average Bonchev–Trinajstić information content (AvgIpc) is 3.36. The molecule has 32 heavy (non-hydrogen) atoms. The molecule has 0 saturated heterocycles. The highest BCUT2D eigenvalue weighted by atomic mass is 32.1. The molecule has 1 aliphatic heterocycles. The summed E-state index contributed by atoms with van der Waals surface area (Å²) in [6.45, 7) is 2.71. The fraction of sp³-hybridized carbons (Fsp3) is 0.526. The number of ether oxygens (including phenoxy) is 1. The van der Waals surface area contributed by atoms with Gasteiger partial charge in [-0.1, -0.05) is 13.3 Å². The Hall–Kier alpha value is -2.96. The molecule has 0 unspecified atom stereocenters. The van der Waals surface area contributed by atoms with E-state index in [1.807, 2.05) is 11.0 Å². The van der Waals surface area contributed by atoms with Crippen molar-refractivity contribution in [3.05, 3.63) is 22.6 Å². The molecule has 0 spiro atoms. The van der Waals surface area contributed by atoms with Crippen molar-refractivity contribution in [1.82, 2.24) is 30.0 Å². The number of anilines is 1. The molecule has 1 aliphatic rings. The van der Waals surface area contributed by atoms with E-state index in [4.69, 9.17) is 4.74 Å². The first-order chi connectivity index (χ1) is 15.3. The van der Waals surface area contributed by atoms with Gasteiger partial charge in [0.05, 0.1) is 18.4 Å². The third kappa shape index (κ3) is 4.47. The van der Waals surface area contributed by atoms with Gasteiger partial charge in [0.15, 0.2) is 5.82 Å². The number of nitrogens with zero attached hydrogens (tertiary/aromatic N) is 6. The monoisotopic (exact) mass is 469 g/mol. The van der Waals surface area contributed by atoms with Gasteiger partial charge in [-0.05, 0) is 12.5 Å². The first-order valence-electron chi connectivity index (χ1n) is 10.2. The zero-order valence-electron chi connectivity index (χ0n) is 17.6. The van der Waals surface area contributed by atoms with Gasteiger partial charge >= 0.3 is 12.2 Å². The first kappa shape index (κ1) is 22.2. The van der Waals surface area contributed by atoms with Crippen molar-refractivity contribution >= 4 is 33.3 Å². The standard InChI is InChI=1S/C19H22F3N7O2S/c1-3-4-11-9-12-15(24-18(25-16(12)32-11)31-8-5-14(30)23-2)28-6-7-29-13(10-28)26-27-17(29)19(20,21)22/h9H,3-8,10H2,1-2H3,(H,23,30). The van der Waals surface area contributed by atoms with Crippen LogP contribution in [0.1, 0.15) is 36.3 Å². The van der Waals surface area contributed by atoms with E-state index >= 15 is 0 Å². The number of carbonyl (C=O) groups is 1. The van der Waals surface area contributed by atoms with Crippen LogP contribution < -0.4 is 15.0 Å². The van der Waals surface area contributed by atoms with Crippen molar-refractivity contribution in [1.29, 1.82) is 0 Å². The summed E-state index contributed by atoms with van der Waals surface area (Å²) in [5.74, 6) is -0.352. The number of nitrogens with one attached hydrogen (secondary N) is 1. The molecule has 0 saturated carbocycles. The molecular formula is C19H22F3N7O2S. The molecule has 0 aliphatic carbocycles. The Morgan fingerprint density at radius 2 is 2.09 bits per heavy atom. The van der Waals surface area contributed by atoms with Crippen LogP contribution in [0.3, 0.4) is 0 Å². The van der Waals surface area contributed by atoms with Gasteiger partial charge in [-0.2, -0.15) is 23.1 Å². The minimum atomic E-state index is -4.55. The average molecular weight is 469 g/mol. The lowest BCUT2D eigenvalue weighted by atomic mass is 10.2.